The molecule has 0 unspecified atom stereocenters. The van der Waals surface area contributed by atoms with Crippen molar-refractivity contribution in [2.24, 2.45) is 5.92 Å². The Morgan fingerprint density at radius 3 is 2.39 bits per heavy atom. The second kappa shape index (κ2) is 9.25. The summed E-state index contributed by atoms with van der Waals surface area (Å²) in [6.07, 6.45) is 3.92. The highest BCUT2D eigenvalue weighted by atomic mass is 19.1. The number of carbonyl (C=O) groups is 1. The molecule has 1 saturated carbocycles. The summed E-state index contributed by atoms with van der Waals surface area (Å²) < 4.78 is 42.2. The normalized spacial score (nSPS) is 16.5. The monoisotopic (exact) mass is 459 g/mol. The van der Waals surface area contributed by atoms with Crippen molar-refractivity contribution in [2.75, 3.05) is 0 Å². The number of benzene rings is 2. The van der Waals surface area contributed by atoms with Crippen molar-refractivity contribution in [2.45, 2.75) is 51.1 Å². The van der Waals surface area contributed by atoms with Crippen LogP contribution in [0.4, 0.5) is 13.2 Å². The van der Waals surface area contributed by atoms with Crippen molar-refractivity contribution < 1.29 is 18.0 Å². The Labute approximate surface area is 187 Å². The molecule has 1 fully saturated rings. The Kier molecular flexibility index (Phi) is 6.40. The van der Waals surface area contributed by atoms with Crippen LogP contribution in [-0.4, -0.2) is 15.5 Å². The lowest BCUT2D eigenvalue weighted by Crippen LogP contribution is -2.48. The standard InChI is InChI=1S/C24H24F3N3O3/c1-13(17-9-7-16(26)12-19(17)27)28-22(31)21(14-5-3-2-4-6-14)30-23(32)18-11-15(25)8-10-20(18)29-24(30)33/h7-14,21H,2-6H2,1H3,(H,28,31)(H,29,33)/t13-,21+/m1/s1. The smallest absolute Gasteiger partial charge is 0.329 e. The van der Waals surface area contributed by atoms with Crippen LogP contribution in [-0.2, 0) is 4.79 Å². The summed E-state index contributed by atoms with van der Waals surface area (Å²) in [7, 11) is 0. The van der Waals surface area contributed by atoms with Gasteiger partial charge in [0.2, 0.25) is 5.91 Å². The fourth-order valence-electron chi connectivity index (χ4n) is 4.67. The van der Waals surface area contributed by atoms with E-state index in [1.807, 2.05) is 0 Å². The Morgan fingerprint density at radius 1 is 1.03 bits per heavy atom. The quantitative estimate of drug-likeness (QED) is 0.603. The zero-order chi connectivity index (χ0) is 23.7. The molecule has 0 saturated heterocycles. The average Bonchev–Trinajstić information content (AvgIpc) is 2.77. The minimum absolute atomic E-state index is 0.0409. The van der Waals surface area contributed by atoms with Gasteiger partial charge in [-0.2, -0.15) is 0 Å². The minimum Gasteiger partial charge on any atom is -0.348 e. The van der Waals surface area contributed by atoms with E-state index in [9.17, 15) is 27.6 Å². The molecule has 3 aromatic rings. The molecule has 6 nitrogen and oxygen atoms in total. The van der Waals surface area contributed by atoms with Gasteiger partial charge in [-0.1, -0.05) is 25.3 Å². The number of hydrogen-bond donors (Lipinski definition) is 2. The molecule has 4 rings (SSSR count). The van der Waals surface area contributed by atoms with Crippen LogP contribution in [0.5, 0.6) is 0 Å². The molecule has 33 heavy (non-hydrogen) atoms. The summed E-state index contributed by atoms with van der Waals surface area (Å²) in [6.45, 7) is 1.54. The molecule has 1 heterocycles. The van der Waals surface area contributed by atoms with E-state index in [-0.39, 0.29) is 22.4 Å². The fourth-order valence-corrected chi connectivity index (χ4v) is 4.67. The third kappa shape index (κ3) is 4.58. The molecule has 2 N–H and O–H groups in total. The molecule has 174 valence electrons. The maximum absolute atomic E-state index is 14.2. The van der Waals surface area contributed by atoms with E-state index in [0.29, 0.717) is 12.8 Å². The second-order valence-corrected chi connectivity index (χ2v) is 8.53. The first-order chi connectivity index (χ1) is 15.8. The van der Waals surface area contributed by atoms with Gasteiger partial charge in [0.1, 0.15) is 23.5 Å². The van der Waals surface area contributed by atoms with Crippen LogP contribution in [0, 0.1) is 23.4 Å². The number of nitrogens with zero attached hydrogens (tertiary/aromatic N) is 1. The molecular weight excluding hydrogens is 435 g/mol. The van der Waals surface area contributed by atoms with Gasteiger partial charge < -0.3 is 10.3 Å². The van der Waals surface area contributed by atoms with Gasteiger partial charge in [0, 0.05) is 11.6 Å². The minimum atomic E-state index is -1.15. The molecule has 0 radical (unpaired) electrons. The molecule has 1 aliphatic rings. The van der Waals surface area contributed by atoms with Crippen LogP contribution >= 0.6 is 0 Å². The highest BCUT2D eigenvalue weighted by Gasteiger charge is 2.34. The molecular formula is C24H24F3N3O3. The number of H-pyrrole nitrogens is 1. The number of nitrogens with one attached hydrogen (secondary N) is 2. The van der Waals surface area contributed by atoms with Crippen molar-refractivity contribution in [1.29, 1.82) is 0 Å². The van der Waals surface area contributed by atoms with Crippen LogP contribution in [0.3, 0.4) is 0 Å². The molecule has 1 aliphatic carbocycles. The van der Waals surface area contributed by atoms with Gasteiger partial charge in [0.25, 0.3) is 5.56 Å². The number of halogens is 3. The first-order valence-electron chi connectivity index (χ1n) is 11.0. The zero-order valence-electron chi connectivity index (χ0n) is 18.0. The largest absolute Gasteiger partial charge is 0.348 e. The molecule has 9 heteroatoms. The van der Waals surface area contributed by atoms with E-state index in [1.54, 1.807) is 0 Å². The highest BCUT2D eigenvalue weighted by molar-refractivity contribution is 5.82. The maximum Gasteiger partial charge on any atom is 0.329 e. The summed E-state index contributed by atoms with van der Waals surface area (Å²) in [5.74, 6) is -3.11. The first-order valence-corrected chi connectivity index (χ1v) is 11.0. The number of hydrogen-bond acceptors (Lipinski definition) is 3. The van der Waals surface area contributed by atoms with Crippen molar-refractivity contribution in [3.63, 3.8) is 0 Å². The SMILES string of the molecule is C[C@@H](NC(=O)[C@H](C1CCCCC1)n1c(=O)[nH]c2ccc(F)cc2c1=O)c1ccc(F)cc1F. The van der Waals surface area contributed by atoms with Gasteiger partial charge >= 0.3 is 5.69 Å². The Bertz CT molecular complexity index is 1310. The predicted molar refractivity (Wildman–Crippen MR) is 117 cm³/mol. The second-order valence-electron chi connectivity index (χ2n) is 8.53. The molecule has 2 atom stereocenters. The summed E-state index contributed by atoms with van der Waals surface area (Å²) in [4.78, 5) is 42.1. The summed E-state index contributed by atoms with van der Waals surface area (Å²) in [6, 6.07) is 4.52. The fraction of sp³-hybridized carbons (Fsp3) is 0.375. The van der Waals surface area contributed by atoms with Crippen molar-refractivity contribution >= 4 is 16.8 Å². The number of amides is 1. The van der Waals surface area contributed by atoms with E-state index in [2.05, 4.69) is 10.3 Å². The predicted octanol–water partition coefficient (Wildman–Crippen LogP) is 4.11. The van der Waals surface area contributed by atoms with Crippen molar-refractivity contribution in [3.05, 3.63) is 80.3 Å². The van der Waals surface area contributed by atoms with Crippen LogP contribution in [0.15, 0.2) is 46.0 Å². The van der Waals surface area contributed by atoms with Crippen LogP contribution in [0.25, 0.3) is 10.9 Å². The van der Waals surface area contributed by atoms with E-state index < -0.39 is 46.7 Å². The van der Waals surface area contributed by atoms with Gasteiger partial charge in [-0.05, 0) is 49.9 Å². The van der Waals surface area contributed by atoms with Gasteiger partial charge in [0.15, 0.2) is 0 Å². The van der Waals surface area contributed by atoms with E-state index >= 15 is 0 Å². The zero-order valence-corrected chi connectivity index (χ0v) is 18.0. The van der Waals surface area contributed by atoms with Crippen molar-refractivity contribution in [1.82, 2.24) is 14.9 Å². The summed E-state index contributed by atoms with van der Waals surface area (Å²) >= 11 is 0. The molecule has 0 aliphatic heterocycles. The summed E-state index contributed by atoms with van der Waals surface area (Å²) in [5.41, 5.74) is -1.29. The number of fused-ring (bicyclic) bond motifs is 1. The lowest BCUT2D eigenvalue weighted by atomic mass is 9.83. The third-order valence-corrected chi connectivity index (χ3v) is 6.32. The van der Waals surface area contributed by atoms with E-state index in [0.717, 1.165) is 48.1 Å². The number of aromatic amines is 1. The Hall–Kier alpha value is -3.36. The Balaban J connectivity index is 1.77. The van der Waals surface area contributed by atoms with Crippen LogP contribution < -0.4 is 16.6 Å². The molecule has 1 amide bonds. The van der Waals surface area contributed by atoms with Crippen LogP contribution in [0.2, 0.25) is 0 Å². The lowest BCUT2D eigenvalue weighted by molar-refractivity contribution is -0.127. The van der Waals surface area contributed by atoms with Crippen molar-refractivity contribution in [3.8, 4) is 0 Å². The highest BCUT2D eigenvalue weighted by Crippen LogP contribution is 2.33. The van der Waals surface area contributed by atoms with Gasteiger partial charge in [-0.15, -0.1) is 0 Å². The number of aromatic nitrogens is 2. The topological polar surface area (TPSA) is 84.0 Å². The average molecular weight is 459 g/mol. The Morgan fingerprint density at radius 2 is 1.70 bits per heavy atom. The van der Waals surface area contributed by atoms with Gasteiger partial charge in [-0.3, -0.25) is 9.59 Å². The number of carbonyl (C=O) groups excluding carboxylic acids is 1. The first kappa shape index (κ1) is 22.8. The molecule has 2 aromatic carbocycles. The maximum atomic E-state index is 14.2. The third-order valence-electron chi connectivity index (χ3n) is 6.32. The van der Waals surface area contributed by atoms with Gasteiger partial charge in [0.05, 0.1) is 16.9 Å². The summed E-state index contributed by atoms with van der Waals surface area (Å²) in [5, 5.41) is 2.64. The van der Waals surface area contributed by atoms with Gasteiger partial charge in [-0.25, -0.2) is 22.5 Å². The lowest BCUT2D eigenvalue weighted by Gasteiger charge is -2.31. The molecule has 0 spiro atoms. The van der Waals surface area contributed by atoms with E-state index in [4.69, 9.17) is 0 Å². The molecule has 0 bridgehead atoms. The number of rotatable bonds is 5. The molecule has 1 aromatic heterocycles. The van der Waals surface area contributed by atoms with E-state index in [1.165, 1.54) is 19.1 Å². The van der Waals surface area contributed by atoms with Crippen LogP contribution in [0.1, 0.15) is 56.7 Å².